The van der Waals surface area contributed by atoms with E-state index in [1.807, 2.05) is 32.9 Å². The van der Waals surface area contributed by atoms with Crippen molar-refractivity contribution in [1.29, 1.82) is 0 Å². The summed E-state index contributed by atoms with van der Waals surface area (Å²) in [5.74, 6) is 0.950. The van der Waals surface area contributed by atoms with Gasteiger partial charge in [0.25, 0.3) is 0 Å². The first kappa shape index (κ1) is 20.0. The van der Waals surface area contributed by atoms with Crippen molar-refractivity contribution in [2.75, 3.05) is 24.5 Å². The second-order valence-electron chi connectivity index (χ2n) is 7.53. The van der Waals surface area contributed by atoms with Crippen molar-refractivity contribution in [1.82, 2.24) is 15.6 Å². The molecule has 0 saturated carbocycles. The lowest BCUT2D eigenvalue weighted by Crippen LogP contribution is -2.33. The van der Waals surface area contributed by atoms with Gasteiger partial charge in [-0.3, -0.25) is 4.79 Å². The van der Waals surface area contributed by atoms with Gasteiger partial charge in [-0.25, -0.2) is 9.78 Å². The Balaban J connectivity index is 1.64. The molecule has 0 atom stereocenters. The van der Waals surface area contributed by atoms with Crippen molar-refractivity contribution in [2.24, 2.45) is 0 Å². The summed E-state index contributed by atoms with van der Waals surface area (Å²) in [6, 6.07) is 3.96. The molecule has 0 aromatic carbocycles. The van der Waals surface area contributed by atoms with Crippen molar-refractivity contribution < 1.29 is 14.3 Å². The second kappa shape index (κ2) is 9.40. The molecule has 26 heavy (non-hydrogen) atoms. The Morgan fingerprint density at radius 3 is 2.65 bits per heavy atom. The molecular weight excluding hydrogens is 332 g/mol. The van der Waals surface area contributed by atoms with Gasteiger partial charge in [-0.1, -0.05) is 0 Å². The van der Waals surface area contributed by atoms with Crippen molar-refractivity contribution in [3.63, 3.8) is 0 Å². The first-order valence-electron chi connectivity index (χ1n) is 9.27. The van der Waals surface area contributed by atoms with Crippen LogP contribution < -0.4 is 15.5 Å². The third kappa shape index (κ3) is 7.29. The lowest BCUT2D eigenvalue weighted by molar-refractivity contribution is -0.121. The van der Waals surface area contributed by atoms with Gasteiger partial charge in [0.1, 0.15) is 11.4 Å². The predicted molar refractivity (Wildman–Crippen MR) is 101 cm³/mol. The molecule has 2 heterocycles. The molecule has 1 saturated heterocycles. The largest absolute Gasteiger partial charge is 0.444 e. The summed E-state index contributed by atoms with van der Waals surface area (Å²) in [6.07, 6.45) is 4.68. The fourth-order valence-electron chi connectivity index (χ4n) is 2.73. The fraction of sp³-hybridized carbons (Fsp3) is 0.632. The lowest BCUT2D eigenvalue weighted by Gasteiger charge is -2.19. The number of nitrogens with zero attached hydrogens (tertiary/aromatic N) is 2. The van der Waals surface area contributed by atoms with E-state index in [0.717, 1.165) is 24.5 Å². The van der Waals surface area contributed by atoms with Crippen LogP contribution in [0.1, 0.15) is 52.0 Å². The lowest BCUT2D eigenvalue weighted by atomic mass is 10.2. The summed E-state index contributed by atoms with van der Waals surface area (Å²) < 4.78 is 5.14. The zero-order valence-corrected chi connectivity index (χ0v) is 16.0. The minimum absolute atomic E-state index is 0.0319. The van der Waals surface area contributed by atoms with Crippen LogP contribution in [0.15, 0.2) is 18.3 Å². The highest BCUT2D eigenvalue weighted by molar-refractivity contribution is 5.76. The number of hydrogen-bond donors (Lipinski definition) is 2. The molecule has 7 nitrogen and oxygen atoms in total. The number of ether oxygens (including phenoxy) is 1. The van der Waals surface area contributed by atoms with Crippen LogP contribution in [0.2, 0.25) is 0 Å². The van der Waals surface area contributed by atoms with Gasteiger partial charge in [-0.05, 0) is 57.7 Å². The van der Waals surface area contributed by atoms with Crippen LogP contribution in [0.3, 0.4) is 0 Å². The molecule has 1 fully saturated rings. The number of amides is 2. The number of anilines is 1. The van der Waals surface area contributed by atoms with E-state index in [0.29, 0.717) is 25.9 Å². The van der Waals surface area contributed by atoms with Crippen LogP contribution in [0.4, 0.5) is 10.6 Å². The number of carbonyl (C=O) groups excluding carboxylic acids is 2. The summed E-state index contributed by atoms with van der Waals surface area (Å²) in [5, 5.41) is 5.57. The number of alkyl carbamates (subject to hydrolysis) is 1. The monoisotopic (exact) mass is 362 g/mol. The normalized spacial score (nSPS) is 14.2. The topological polar surface area (TPSA) is 83.6 Å². The summed E-state index contributed by atoms with van der Waals surface area (Å²) in [4.78, 5) is 30.1. The van der Waals surface area contributed by atoms with Crippen LogP contribution in [-0.4, -0.2) is 42.2 Å². The van der Waals surface area contributed by atoms with Gasteiger partial charge in [0.05, 0.1) is 0 Å². The number of rotatable bonds is 7. The maximum atomic E-state index is 11.9. The van der Waals surface area contributed by atoms with Gasteiger partial charge >= 0.3 is 6.09 Å². The Hall–Kier alpha value is -2.31. The quantitative estimate of drug-likeness (QED) is 0.729. The molecule has 2 amide bonds. The van der Waals surface area contributed by atoms with E-state index in [1.165, 1.54) is 12.8 Å². The smallest absolute Gasteiger partial charge is 0.407 e. The van der Waals surface area contributed by atoms with E-state index in [1.54, 1.807) is 6.20 Å². The third-order valence-corrected chi connectivity index (χ3v) is 3.98. The molecule has 0 radical (unpaired) electrons. The van der Waals surface area contributed by atoms with Crippen LogP contribution in [0.25, 0.3) is 0 Å². The molecule has 7 heteroatoms. The Morgan fingerprint density at radius 1 is 1.23 bits per heavy atom. The molecule has 0 aliphatic carbocycles. The van der Waals surface area contributed by atoms with Crippen molar-refractivity contribution in [3.8, 4) is 0 Å². The molecule has 1 aromatic heterocycles. The van der Waals surface area contributed by atoms with E-state index in [9.17, 15) is 9.59 Å². The zero-order chi connectivity index (χ0) is 19.0. The van der Waals surface area contributed by atoms with Gasteiger partial charge in [0.2, 0.25) is 5.91 Å². The molecule has 0 spiro atoms. The van der Waals surface area contributed by atoms with E-state index in [-0.39, 0.29) is 5.91 Å². The standard InChI is InChI=1S/C19H30N4O3/c1-19(2,3)26-18(25)21-9-6-7-17(24)22-14-15-8-10-20-16(13-15)23-11-4-5-12-23/h8,10,13H,4-7,9,11-12,14H2,1-3H3,(H,21,25)(H,22,24). The van der Waals surface area contributed by atoms with E-state index in [2.05, 4.69) is 20.5 Å². The summed E-state index contributed by atoms with van der Waals surface area (Å²) >= 11 is 0. The average Bonchev–Trinajstić information content (AvgIpc) is 3.10. The van der Waals surface area contributed by atoms with Crippen LogP contribution >= 0.6 is 0 Å². The van der Waals surface area contributed by atoms with Crippen LogP contribution in [-0.2, 0) is 16.1 Å². The maximum absolute atomic E-state index is 11.9. The van der Waals surface area contributed by atoms with Gasteiger partial charge in [0, 0.05) is 38.8 Å². The Morgan fingerprint density at radius 2 is 1.96 bits per heavy atom. The third-order valence-electron chi connectivity index (χ3n) is 3.98. The van der Waals surface area contributed by atoms with Crippen LogP contribution in [0, 0.1) is 0 Å². The Labute approximate surface area is 155 Å². The zero-order valence-electron chi connectivity index (χ0n) is 16.0. The SMILES string of the molecule is CC(C)(C)OC(=O)NCCCC(=O)NCc1ccnc(N2CCCC2)c1. The minimum Gasteiger partial charge on any atom is -0.444 e. The number of aromatic nitrogens is 1. The maximum Gasteiger partial charge on any atom is 0.407 e. The molecule has 144 valence electrons. The summed E-state index contributed by atoms with van der Waals surface area (Å²) in [6.45, 7) is 8.44. The van der Waals surface area contributed by atoms with Gasteiger partial charge in [0.15, 0.2) is 0 Å². The number of pyridine rings is 1. The Bertz CT molecular complexity index is 607. The van der Waals surface area contributed by atoms with Crippen LogP contribution in [0.5, 0.6) is 0 Å². The van der Waals surface area contributed by atoms with Crippen molar-refractivity contribution in [2.45, 2.75) is 58.6 Å². The first-order valence-corrected chi connectivity index (χ1v) is 9.27. The number of hydrogen-bond acceptors (Lipinski definition) is 5. The molecular formula is C19H30N4O3. The number of nitrogens with one attached hydrogen (secondary N) is 2. The van der Waals surface area contributed by atoms with E-state index < -0.39 is 11.7 Å². The molecule has 2 N–H and O–H groups in total. The van der Waals surface area contributed by atoms with Gasteiger partial charge in [-0.15, -0.1) is 0 Å². The molecule has 0 bridgehead atoms. The summed E-state index contributed by atoms with van der Waals surface area (Å²) in [5.41, 5.74) is 0.530. The highest BCUT2D eigenvalue weighted by Crippen LogP contribution is 2.18. The van der Waals surface area contributed by atoms with E-state index >= 15 is 0 Å². The predicted octanol–water partition coefficient (Wildman–Crippen LogP) is 2.60. The molecule has 0 unspecified atom stereocenters. The van der Waals surface area contributed by atoms with E-state index in [4.69, 9.17) is 4.74 Å². The number of carbonyl (C=O) groups is 2. The van der Waals surface area contributed by atoms with Crippen molar-refractivity contribution in [3.05, 3.63) is 23.9 Å². The average molecular weight is 362 g/mol. The van der Waals surface area contributed by atoms with Gasteiger partial charge in [-0.2, -0.15) is 0 Å². The van der Waals surface area contributed by atoms with Gasteiger partial charge < -0.3 is 20.3 Å². The van der Waals surface area contributed by atoms with Crippen molar-refractivity contribution >= 4 is 17.8 Å². The highest BCUT2D eigenvalue weighted by atomic mass is 16.6. The Kier molecular flexibility index (Phi) is 7.24. The molecule has 1 aliphatic heterocycles. The second-order valence-corrected chi connectivity index (χ2v) is 7.53. The highest BCUT2D eigenvalue weighted by Gasteiger charge is 2.16. The minimum atomic E-state index is -0.514. The fourth-order valence-corrected chi connectivity index (χ4v) is 2.73. The summed E-state index contributed by atoms with van der Waals surface area (Å²) in [7, 11) is 0. The molecule has 2 rings (SSSR count). The first-order chi connectivity index (χ1) is 12.3. The molecule has 1 aromatic rings. The molecule has 1 aliphatic rings.